The molecule has 0 heterocycles. The summed E-state index contributed by atoms with van der Waals surface area (Å²) in [5.41, 5.74) is 2.14. The molecular formula is C20H18ClNO3. The van der Waals surface area contributed by atoms with Crippen LogP contribution in [-0.4, -0.2) is 18.4 Å². The number of carbonyl (C=O) groups is 2. The van der Waals surface area contributed by atoms with E-state index in [1.807, 2.05) is 30.3 Å². The van der Waals surface area contributed by atoms with Crippen molar-refractivity contribution in [3.8, 4) is 11.8 Å². The maximum absolute atomic E-state index is 11.6. The van der Waals surface area contributed by atoms with Crippen LogP contribution in [0.25, 0.3) is 0 Å². The van der Waals surface area contributed by atoms with Gasteiger partial charge in [0.25, 0.3) is 0 Å². The quantitative estimate of drug-likeness (QED) is 0.496. The van der Waals surface area contributed by atoms with Crippen molar-refractivity contribution in [3.63, 3.8) is 0 Å². The van der Waals surface area contributed by atoms with Gasteiger partial charge in [0.1, 0.15) is 6.61 Å². The van der Waals surface area contributed by atoms with Crippen LogP contribution in [-0.2, 0) is 11.3 Å². The SMILES string of the molecule is CC(=O)c1ccc(C#CCCNC(=O)OCc2ccccc2)c(Cl)c1. The average molecular weight is 356 g/mol. The molecule has 0 atom stereocenters. The second kappa shape index (κ2) is 9.51. The molecule has 0 aromatic heterocycles. The average Bonchev–Trinajstić information content (AvgIpc) is 2.61. The fraction of sp³-hybridized carbons (Fsp3) is 0.200. The summed E-state index contributed by atoms with van der Waals surface area (Å²) < 4.78 is 5.10. The van der Waals surface area contributed by atoms with Crippen LogP contribution < -0.4 is 5.32 Å². The Bertz CT molecular complexity index is 807. The first-order chi connectivity index (χ1) is 12.1. The van der Waals surface area contributed by atoms with E-state index >= 15 is 0 Å². The minimum atomic E-state index is -0.477. The van der Waals surface area contributed by atoms with Gasteiger partial charge in [-0.25, -0.2) is 4.79 Å². The van der Waals surface area contributed by atoms with E-state index in [9.17, 15) is 9.59 Å². The van der Waals surface area contributed by atoms with E-state index in [0.29, 0.717) is 29.1 Å². The molecule has 2 rings (SSSR count). The number of Topliss-reactive ketones (excluding diaryl/α,β-unsaturated/α-hetero) is 1. The molecule has 1 amide bonds. The van der Waals surface area contributed by atoms with E-state index in [0.717, 1.165) is 5.56 Å². The molecule has 0 saturated heterocycles. The van der Waals surface area contributed by atoms with E-state index in [1.165, 1.54) is 6.92 Å². The molecule has 0 saturated carbocycles. The van der Waals surface area contributed by atoms with Crippen molar-refractivity contribution in [1.82, 2.24) is 5.32 Å². The molecule has 128 valence electrons. The van der Waals surface area contributed by atoms with Crippen molar-refractivity contribution in [2.24, 2.45) is 0 Å². The van der Waals surface area contributed by atoms with E-state index in [2.05, 4.69) is 17.2 Å². The van der Waals surface area contributed by atoms with Crippen molar-refractivity contribution >= 4 is 23.5 Å². The lowest BCUT2D eigenvalue weighted by molar-refractivity contribution is 0.101. The molecule has 2 aromatic carbocycles. The zero-order chi connectivity index (χ0) is 18.1. The van der Waals surface area contributed by atoms with Crippen molar-refractivity contribution in [1.29, 1.82) is 0 Å². The molecule has 25 heavy (non-hydrogen) atoms. The number of carbonyl (C=O) groups excluding carboxylic acids is 2. The van der Waals surface area contributed by atoms with Crippen molar-refractivity contribution < 1.29 is 14.3 Å². The molecule has 0 spiro atoms. The van der Waals surface area contributed by atoms with Crippen molar-refractivity contribution in [2.45, 2.75) is 20.0 Å². The molecule has 0 fully saturated rings. The highest BCUT2D eigenvalue weighted by molar-refractivity contribution is 6.32. The third-order valence-corrected chi connectivity index (χ3v) is 3.64. The minimum absolute atomic E-state index is 0.0420. The summed E-state index contributed by atoms with van der Waals surface area (Å²) in [5, 5.41) is 3.08. The van der Waals surface area contributed by atoms with Crippen molar-refractivity contribution in [3.05, 3.63) is 70.2 Å². The third-order valence-electron chi connectivity index (χ3n) is 3.33. The van der Waals surface area contributed by atoms with Crippen molar-refractivity contribution in [2.75, 3.05) is 6.54 Å². The maximum atomic E-state index is 11.6. The van der Waals surface area contributed by atoms with Crippen LogP contribution in [0.15, 0.2) is 48.5 Å². The van der Waals surface area contributed by atoms with Crippen LogP contribution in [0, 0.1) is 11.8 Å². The number of rotatable bonds is 5. The highest BCUT2D eigenvalue weighted by Crippen LogP contribution is 2.17. The van der Waals surface area contributed by atoms with Crippen LogP contribution in [0.4, 0.5) is 4.79 Å². The molecule has 5 heteroatoms. The Balaban J connectivity index is 1.73. The fourth-order valence-corrected chi connectivity index (χ4v) is 2.22. The first-order valence-electron chi connectivity index (χ1n) is 7.80. The standard InChI is InChI=1S/C20H18ClNO3/c1-15(23)18-11-10-17(19(21)13-18)9-5-6-12-22-20(24)25-14-16-7-3-2-4-8-16/h2-4,7-8,10-11,13H,6,12,14H2,1H3,(H,22,24). The van der Waals surface area contributed by atoms with E-state index < -0.39 is 6.09 Å². The van der Waals surface area contributed by atoms with E-state index in [1.54, 1.807) is 18.2 Å². The number of hydrogen-bond acceptors (Lipinski definition) is 3. The van der Waals surface area contributed by atoms with Crippen LogP contribution >= 0.6 is 11.6 Å². The molecule has 2 aromatic rings. The van der Waals surface area contributed by atoms with Crippen LogP contribution in [0.2, 0.25) is 5.02 Å². The summed E-state index contributed by atoms with van der Waals surface area (Å²) in [6.45, 7) is 2.10. The number of ether oxygens (including phenoxy) is 1. The summed E-state index contributed by atoms with van der Waals surface area (Å²) >= 11 is 6.09. The first-order valence-corrected chi connectivity index (χ1v) is 8.18. The second-order valence-electron chi connectivity index (χ2n) is 5.29. The lowest BCUT2D eigenvalue weighted by Gasteiger charge is -2.05. The first kappa shape index (κ1) is 18.6. The Morgan fingerprint density at radius 1 is 1.16 bits per heavy atom. The summed E-state index contributed by atoms with van der Waals surface area (Å²) in [6, 6.07) is 14.5. The normalized spacial score (nSPS) is 9.68. The predicted molar refractivity (Wildman–Crippen MR) is 97.6 cm³/mol. The zero-order valence-corrected chi connectivity index (χ0v) is 14.6. The van der Waals surface area contributed by atoms with Gasteiger partial charge in [-0.2, -0.15) is 0 Å². The molecule has 0 bridgehead atoms. The molecule has 0 radical (unpaired) electrons. The molecule has 0 unspecified atom stereocenters. The lowest BCUT2D eigenvalue weighted by Crippen LogP contribution is -2.24. The molecular weight excluding hydrogens is 338 g/mol. The number of alkyl carbamates (subject to hydrolysis) is 1. The number of halogens is 1. The summed E-state index contributed by atoms with van der Waals surface area (Å²) in [6.07, 6.45) is -0.0138. The maximum Gasteiger partial charge on any atom is 0.407 e. The van der Waals surface area contributed by atoms with Crippen LogP contribution in [0.3, 0.4) is 0 Å². The largest absolute Gasteiger partial charge is 0.445 e. The van der Waals surface area contributed by atoms with Gasteiger partial charge < -0.3 is 10.1 Å². The van der Waals surface area contributed by atoms with Gasteiger partial charge >= 0.3 is 6.09 Å². The minimum Gasteiger partial charge on any atom is -0.445 e. The smallest absolute Gasteiger partial charge is 0.407 e. The van der Waals surface area contributed by atoms with Gasteiger partial charge in [-0.15, -0.1) is 0 Å². The number of hydrogen-bond donors (Lipinski definition) is 1. The van der Waals surface area contributed by atoms with E-state index in [-0.39, 0.29) is 12.4 Å². The van der Waals surface area contributed by atoms with Gasteiger partial charge in [0.2, 0.25) is 0 Å². The Labute approximate surface area is 152 Å². The number of ketones is 1. The van der Waals surface area contributed by atoms with Gasteiger partial charge in [-0.05, 0) is 24.6 Å². The Kier molecular flexibility index (Phi) is 7.06. The fourth-order valence-electron chi connectivity index (χ4n) is 1.99. The topological polar surface area (TPSA) is 55.4 Å². The highest BCUT2D eigenvalue weighted by Gasteiger charge is 2.03. The zero-order valence-electron chi connectivity index (χ0n) is 13.8. The third kappa shape index (κ3) is 6.33. The summed E-state index contributed by atoms with van der Waals surface area (Å²) in [4.78, 5) is 22.8. The highest BCUT2D eigenvalue weighted by atomic mass is 35.5. The summed E-state index contributed by atoms with van der Waals surface area (Å²) in [5.74, 6) is 5.81. The molecule has 0 aliphatic rings. The predicted octanol–water partition coefficient (Wildman–Crippen LogP) is 4.21. The monoisotopic (exact) mass is 355 g/mol. The van der Waals surface area contributed by atoms with Gasteiger partial charge in [-0.3, -0.25) is 4.79 Å². The van der Waals surface area contributed by atoms with Crippen LogP contribution in [0.1, 0.15) is 34.8 Å². The van der Waals surface area contributed by atoms with Gasteiger partial charge in [0.05, 0.1) is 5.02 Å². The van der Waals surface area contributed by atoms with Gasteiger partial charge in [0.15, 0.2) is 5.78 Å². The summed E-state index contributed by atoms with van der Waals surface area (Å²) in [7, 11) is 0. The second-order valence-corrected chi connectivity index (χ2v) is 5.70. The van der Waals surface area contributed by atoms with Gasteiger partial charge in [0, 0.05) is 24.1 Å². The lowest BCUT2D eigenvalue weighted by atomic mass is 10.1. The number of nitrogens with one attached hydrogen (secondary N) is 1. The molecule has 1 N–H and O–H groups in total. The molecule has 0 aliphatic carbocycles. The van der Waals surface area contributed by atoms with E-state index in [4.69, 9.17) is 16.3 Å². The molecule has 4 nitrogen and oxygen atoms in total. The molecule has 0 aliphatic heterocycles. The Hall–Kier alpha value is -2.77. The Morgan fingerprint density at radius 3 is 2.60 bits per heavy atom. The number of amides is 1. The van der Waals surface area contributed by atoms with Gasteiger partial charge in [-0.1, -0.05) is 59.8 Å². The Morgan fingerprint density at radius 2 is 1.92 bits per heavy atom. The number of benzene rings is 2. The van der Waals surface area contributed by atoms with Crippen LogP contribution in [0.5, 0.6) is 0 Å².